The molecule has 1 fully saturated rings. The van der Waals surface area contributed by atoms with E-state index in [9.17, 15) is 0 Å². The zero-order valence-electron chi connectivity index (χ0n) is 8.58. The third-order valence-electron chi connectivity index (χ3n) is 2.67. The molecule has 78 valence electrons. The summed E-state index contributed by atoms with van der Waals surface area (Å²) in [5, 5.41) is 3.49. The van der Waals surface area contributed by atoms with Crippen molar-refractivity contribution < 1.29 is 4.42 Å². The van der Waals surface area contributed by atoms with Crippen molar-refractivity contribution in [3.63, 3.8) is 0 Å². The van der Waals surface area contributed by atoms with Crippen molar-refractivity contribution in [3.05, 3.63) is 23.7 Å². The highest BCUT2D eigenvalue weighted by atomic mass is 32.2. The van der Waals surface area contributed by atoms with E-state index in [1.165, 1.54) is 19.3 Å². The summed E-state index contributed by atoms with van der Waals surface area (Å²) in [6, 6.07) is 4.90. The molecular weight excluding hydrogens is 194 g/mol. The number of rotatable bonds is 5. The molecule has 0 amide bonds. The minimum absolute atomic E-state index is 0.740. The van der Waals surface area contributed by atoms with Gasteiger partial charge in [0.2, 0.25) is 0 Å². The Morgan fingerprint density at radius 1 is 1.43 bits per heavy atom. The van der Waals surface area contributed by atoms with Gasteiger partial charge in [-0.05, 0) is 31.2 Å². The first-order chi connectivity index (χ1) is 6.88. The molecular formula is C11H17NOS. The molecule has 3 heteroatoms. The maximum atomic E-state index is 5.66. The van der Waals surface area contributed by atoms with Gasteiger partial charge in [-0.3, -0.25) is 0 Å². The lowest BCUT2D eigenvalue weighted by molar-refractivity contribution is 0.323. The van der Waals surface area contributed by atoms with Crippen molar-refractivity contribution in [3.8, 4) is 0 Å². The Hall–Kier alpha value is -0.410. The van der Waals surface area contributed by atoms with Crippen molar-refractivity contribution in [2.24, 2.45) is 0 Å². The van der Waals surface area contributed by atoms with E-state index in [2.05, 4.69) is 23.7 Å². The van der Waals surface area contributed by atoms with Crippen LogP contribution in [0, 0.1) is 0 Å². The third-order valence-corrected chi connectivity index (χ3v) is 3.25. The lowest BCUT2D eigenvalue weighted by atomic mass is 9.93. The van der Waals surface area contributed by atoms with E-state index in [4.69, 9.17) is 4.42 Å². The Kier molecular flexibility index (Phi) is 3.54. The van der Waals surface area contributed by atoms with Crippen LogP contribution in [0.15, 0.2) is 16.5 Å². The van der Waals surface area contributed by atoms with Gasteiger partial charge in [-0.15, -0.1) is 0 Å². The summed E-state index contributed by atoms with van der Waals surface area (Å²) < 4.78 is 5.66. The molecule has 0 bridgehead atoms. The summed E-state index contributed by atoms with van der Waals surface area (Å²) in [5.74, 6) is 3.13. The zero-order valence-corrected chi connectivity index (χ0v) is 9.40. The Bertz CT molecular complexity index is 281. The molecule has 0 spiro atoms. The molecule has 1 heterocycles. The molecule has 0 radical (unpaired) electrons. The minimum atomic E-state index is 0.740. The van der Waals surface area contributed by atoms with E-state index >= 15 is 0 Å². The Balaban J connectivity index is 1.77. The summed E-state index contributed by atoms with van der Waals surface area (Å²) >= 11 is 1.79. The lowest BCUT2D eigenvalue weighted by Crippen LogP contribution is -2.34. The molecule has 1 N–H and O–H groups in total. The van der Waals surface area contributed by atoms with Crippen LogP contribution in [0.4, 0.5) is 0 Å². The normalized spacial score (nSPS) is 16.9. The Morgan fingerprint density at radius 3 is 2.86 bits per heavy atom. The van der Waals surface area contributed by atoms with Gasteiger partial charge in [0.25, 0.3) is 0 Å². The molecule has 1 saturated carbocycles. The predicted molar refractivity (Wildman–Crippen MR) is 60.4 cm³/mol. The van der Waals surface area contributed by atoms with E-state index in [0.717, 1.165) is 29.9 Å². The second-order valence-corrected chi connectivity index (χ2v) is 4.68. The van der Waals surface area contributed by atoms with Crippen LogP contribution in [0.25, 0.3) is 0 Å². The van der Waals surface area contributed by atoms with Gasteiger partial charge >= 0.3 is 0 Å². The molecule has 0 aliphatic heterocycles. The number of hydrogen-bond donors (Lipinski definition) is 1. The van der Waals surface area contributed by atoms with Gasteiger partial charge in [-0.1, -0.05) is 6.42 Å². The lowest BCUT2D eigenvalue weighted by Gasteiger charge is -2.25. The van der Waals surface area contributed by atoms with Gasteiger partial charge in [-0.2, -0.15) is 11.8 Å². The maximum Gasteiger partial charge on any atom is 0.118 e. The first-order valence-corrected chi connectivity index (χ1v) is 6.58. The molecule has 1 aromatic rings. The van der Waals surface area contributed by atoms with Crippen molar-refractivity contribution >= 4 is 11.8 Å². The standard InChI is InChI=1S/C11H17NOS/c1-14-8-11-6-5-10(13-11)7-12-9-3-2-4-9/h5-6,9,12H,2-4,7-8H2,1H3. The molecule has 0 aromatic carbocycles. The first-order valence-electron chi connectivity index (χ1n) is 5.18. The van der Waals surface area contributed by atoms with Gasteiger partial charge in [0.15, 0.2) is 0 Å². The highest BCUT2D eigenvalue weighted by molar-refractivity contribution is 7.97. The second-order valence-electron chi connectivity index (χ2n) is 3.81. The van der Waals surface area contributed by atoms with Gasteiger partial charge in [0.1, 0.15) is 11.5 Å². The first kappa shape index (κ1) is 10.1. The van der Waals surface area contributed by atoms with E-state index in [1.807, 2.05) is 0 Å². The molecule has 1 aliphatic carbocycles. The molecule has 1 aromatic heterocycles. The number of nitrogens with one attached hydrogen (secondary N) is 1. The third kappa shape index (κ3) is 2.55. The summed E-state index contributed by atoms with van der Waals surface area (Å²) in [4.78, 5) is 0. The minimum Gasteiger partial charge on any atom is -0.464 e. The van der Waals surface area contributed by atoms with Crippen molar-refractivity contribution in [2.75, 3.05) is 6.26 Å². The van der Waals surface area contributed by atoms with Crippen molar-refractivity contribution in [1.29, 1.82) is 0 Å². The summed E-state index contributed by atoms with van der Waals surface area (Å²) in [7, 11) is 0. The molecule has 2 rings (SSSR count). The van der Waals surface area contributed by atoms with Crippen LogP contribution in [0.2, 0.25) is 0 Å². The quantitative estimate of drug-likeness (QED) is 0.810. The number of furan rings is 1. The van der Waals surface area contributed by atoms with Crippen molar-refractivity contribution in [2.45, 2.75) is 37.6 Å². The van der Waals surface area contributed by atoms with Crippen LogP contribution < -0.4 is 5.32 Å². The molecule has 1 aliphatic rings. The van der Waals surface area contributed by atoms with Crippen LogP contribution in [0.3, 0.4) is 0 Å². The zero-order chi connectivity index (χ0) is 9.80. The average Bonchev–Trinajstić information content (AvgIpc) is 2.51. The Morgan fingerprint density at radius 2 is 2.21 bits per heavy atom. The van der Waals surface area contributed by atoms with Crippen LogP contribution in [0.1, 0.15) is 30.8 Å². The second kappa shape index (κ2) is 4.89. The SMILES string of the molecule is CSCc1ccc(CNC2CCC2)o1. The van der Waals surface area contributed by atoms with Gasteiger partial charge in [-0.25, -0.2) is 0 Å². The summed E-state index contributed by atoms with van der Waals surface area (Å²) in [6.07, 6.45) is 6.14. The predicted octanol–water partition coefficient (Wildman–Crippen LogP) is 2.78. The monoisotopic (exact) mass is 211 g/mol. The fraction of sp³-hybridized carbons (Fsp3) is 0.636. The summed E-state index contributed by atoms with van der Waals surface area (Å²) in [5.41, 5.74) is 0. The smallest absolute Gasteiger partial charge is 0.118 e. The van der Waals surface area contributed by atoms with E-state index in [1.54, 1.807) is 11.8 Å². The van der Waals surface area contributed by atoms with E-state index in [-0.39, 0.29) is 0 Å². The number of thioether (sulfide) groups is 1. The van der Waals surface area contributed by atoms with Crippen molar-refractivity contribution in [1.82, 2.24) is 5.32 Å². The fourth-order valence-corrected chi connectivity index (χ4v) is 2.03. The van der Waals surface area contributed by atoms with Crippen LogP contribution >= 0.6 is 11.8 Å². The van der Waals surface area contributed by atoms with Gasteiger partial charge in [0.05, 0.1) is 12.3 Å². The molecule has 0 atom stereocenters. The Labute approximate surface area is 89.4 Å². The molecule has 0 saturated heterocycles. The summed E-state index contributed by atoms with van der Waals surface area (Å²) in [6.45, 7) is 0.888. The fourth-order valence-electron chi connectivity index (χ4n) is 1.59. The van der Waals surface area contributed by atoms with Gasteiger partial charge in [0, 0.05) is 6.04 Å². The van der Waals surface area contributed by atoms with Crippen LogP contribution in [-0.2, 0) is 12.3 Å². The topological polar surface area (TPSA) is 25.2 Å². The molecule has 14 heavy (non-hydrogen) atoms. The molecule has 2 nitrogen and oxygen atoms in total. The maximum absolute atomic E-state index is 5.66. The number of hydrogen-bond acceptors (Lipinski definition) is 3. The van der Waals surface area contributed by atoms with Gasteiger partial charge < -0.3 is 9.73 Å². The van der Waals surface area contributed by atoms with E-state index in [0.29, 0.717) is 0 Å². The highest BCUT2D eigenvalue weighted by Gasteiger charge is 2.16. The van der Waals surface area contributed by atoms with Crippen LogP contribution in [-0.4, -0.2) is 12.3 Å². The molecule has 0 unspecified atom stereocenters. The average molecular weight is 211 g/mol. The van der Waals surface area contributed by atoms with E-state index < -0.39 is 0 Å². The largest absolute Gasteiger partial charge is 0.464 e. The highest BCUT2D eigenvalue weighted by Crippen LogP contribution is 2.19. The van der Waals surface area contributed by atoms with Crippen LogP contribution in [0.5, 0.6) is 0 Å².